The van der Waals surface area contributed by atoms with Crippen molar-refractivity contribution in [1.29, 1.82) is 0 Å². The number of piperidine rings is 1. The van der Waals surface area contributed by atoms with Crippen LogP contribution in [-0.4, -0.2) is 50.0 Å². The largest absolute Gasteiger partial charge is 0.352 e. The lowest BCUT2D eigenvalue weighted by Gasteiger charge is -2.31. The number of carbonyl (C=O) groups excluding carboxylic acids is 2. The highest BCUT2D eigenvalue weighted by molar-refractivity contribution is 5.80. The Hall–Kier alpha value is -3.62. The summed E-state index contributed by atoms with van der Waals surface area (Å²) in [4.78, 5) is 28.4. The van der Waals surface area contributed by atoms with E-state index in [4.69, 9.17) is 0 Å². The van der Waals surface area contributed by atoms with Crippen LogP contribution in [0, 0.1) is 18.7 Å². The van der Waals surface area contributed by atoms with Gasteiger partial charge in [-0.2, -0.15) is 4.80 Å². The molecular formula is C25H29FN6O2. The summed E-state index contributed by atoms with van der Waals surface area (Å²) in [5.74, 6) is 0.210. The predicted octanol–water partition coefficient (Wildman–Crippen LogP) is 3.12. The quantitative estimate of drug-likeness (QED) is 0.553. The maximum Gasteiger partial charge on any atom is 0.223 e. The fourth-order valence-corrected chi connectivity index (χ4v) is 4.04. The molecule has 1 aliphatic rings. The average Bonchev–Trinajstić information content (AvgIpc) is 3.34. The highest BCUT2D eigenvalue weighted by Crippen LogP contribution is 2.19. The molecule has 34 heavy (non-hydrogen) atoms. The molecule has 0 radical (unpaired) electrons. The molecule has 1 aromatic heterocycles. The zero-order valence-electron chi connectivity index (χ0n) is 19.3. The first-order chi connectivity index (χ1) is 16.5. The van der Waals surface area contributed by atoms with Gasteiger partial charge in [0.25, 0.3) is 0 Å². The van der Waals surface area contributed by atoms with Gasteiger partial charge in [-0.05, 0) is 48.6 Å². The van der Waals surface area contributed by atoms with E-state index in [1.165, 1.54) is 10.9 Å². The van der Waals surface area contributed by atoms with E-state index in [0.717, 1.165) is 11.1 Å². The fraction of sp³-hybridized carbons (Fsp3) is 0.400. The smallest absolute Gasteiger partial charge is 0.223 e. The molecule has 0 atom stereocenters. The van der Waals surface area contributed by atoms with Gasteiger partial charge in [-0.15, -0.1) is 10.2 Å². The molecule has 9 heteroatoms. The van der Waals surface area contributed by atoms with E-state index in [-0.39, 0.29) is 23.5 Å². The van der Waals surface area contributed by atoms with Gasteiger partial charge >= 0.3 is 0 Å². The van der Waals surface area contributed by atoms with Crippen LogP contribution in [0.3, 0.4) is 0 Å². The number of amides is 2. The standard InChI is InChI=1S/C25H29FN6O2/c1-18-9-10-19(16-22(18)26)17-27-25(34)21-11-14-31(15-12-21)23(33)8-5-13-32-29-24(28-30-32)20-6-3-2-4-7-20/h2-4,6-7,9-10,16,21H,5,8,11-15,17H2,1H3,(H,27,34). The SMILES string of the molecule is Cc1ccc(CNC(=O)C2CCN(C(=O)CCCn3nnc(-c4ccccc4)n3)CC2)cc1F. The molecule has 3 aromatic rings. The predicted molar refractivity (Wildman–Crippen MR) is 125 cm³/mol. The number of benzene rings is 2. The molecule has 1 aliphatic heterocycles. The summed E-state index contributed by atoms with van der Waals surface area (Å²) in [6.07, 6.45) is 2.28. The number of aryl methyl sites for hydroxylation is 2. The monoisotopic (exact) mass is 464 g/mol. The Morgan fingerprint density at radius 3 is 2.62 bits per heavy atom. The minimum atomic E-state index is -0.269. The van der Waals surface area contributed by atoms with Crippen molar-refractivity contribution in [3.8, 4) is 11.4 Å². The molecule has 2 heterocycles. The van der Waals surface area contributed by atoms with Crippen LogP contribution in [0.15, 0.2) is 48.5 Å². The van der Waals surface area contributed by atoms with Gasteiger partial charge in [0.1, 0.15) is 5.82 Å². The maximum absolute atomic E-state index is 13.7. The molecule has 2 aromatic carbocycles. The highest BCUT2D eigenvalue weighted by atomic mass is 19.1. The first-order valence-corrected chi connectivity index (χ1v) is 11.6. The van der Waals surface area contributed by atoms with Crippen LogP contribution >= 0.6 is 0 Å². The number of hydrogen-bond acceptors (Lipinski definition) is 5. The molecule has 4 rings (SSSR count). The van der Waals surface area contributed by atoms with Gasteiger partial charge < -0.3 is 10.2 Å². The van der Waals surface area contributed by atoms with Gasteiger partial charge in [0.15, 0.2) is 0 Å². The molecule has 0 unspecified atom stereocenters. The summed E-state index contributed by atoms with van der Waals surface area (Å²) >= 11 is 0. The first-order valence-electron chi connectivity index (χ1n) is 11.6. The van der Waals surface area contributed by atoms with Crippen molar-refractivity contribution < 1.29 is 14.0 Å². The Morgan fingerprint density at radius 2 is 1.88 bits per heavy atom. The van der Waals surface area contributed by atoms with Crippen molar-refractivity contribution in [3.05, 3.63) is 65.5 Å². The number of likely N-dealkylation sites (tertiary alicyclic amines) is 1. The van der Waals surface area contributed by atoms with E-state index in [1.54, 1.807) is 13.0 Å². The minimum Gasteiger partial charge on any atom is -0.352 e. The van der Waals surface area contributed by atoms with E-state index in [0.29, 0.717) is 63.3 Å². The molecule has 178 valence electrons. The van der Waals surface area contributed by atoms with E-state index in [1.807, 2.05) is 41.3 Å². The number of aromatic nitrogens is 4. The van der Waals surface area contributed by atoms with E-state index < -0.39 is 0 Å². The Kier molecular flexibility index (Phi) is 7.61. The van der Waals surface area contributed by atoms with Gasteiger partial charge in [-0.3, -0.25) is 9.59 Å². The number of rotatable bonds is 8. The Balaban J connectivity index is 1.16. The third-order valence-electron chi connectivity index (χ3n) is 6.16. The number of nitrogens with zero attached hydrogens (tertiary/aromatic N) is 5. The second-order valence-corrected chi connectivity index (χ2v) is 8.63. The first kappa shape index (κ1) is 23.5. The summed E-state index contributed by atoms with van der Waals surface area (Å²) < 4.78 is 13.7. The zero-order valence-corrected chi connectivity index (χ0v) is 19.3. The lowest BCUT2D eigenvalue weighted by molar-refractivity contribution is -0.135. The van der Waals surface area contributed by atoms with Crippen LogP contribution in [0.1, 0.15) is 36.8 Å². The van der Waals surface area contributed by atoms with Crippen LogP contribution in [0.25, 0.3) is 11.4 Å². The molecule has 0 saturated carbocycles. The van der Waals surface area contributed by atoms with E-state index in [9.17, 15) is 14.0 Å². The molecule has 0 bridgehead atoms. The summed E-state index contributed by atoms with van der Waals surface area (Å²) in [5.41, 5.74) is 2.23. The topological polar surface area (TPSA) is 93.0 Å². The number of tetrazole rings is 1. The normalized spacial score (nSPS) is 14.2. The molecule has 2 amide bonds. The number of carbonyl (C=O) groups is 2. The summed E-state index contributed by atoms with van der Waals surface area (Å²) in [6.45, 7) is 3.66. The van der Waals surface area contributed by atoms with E-state index in [2.05, 4.69) is 20.7 Å². The molecule has 1 fully saturated rings. The van der Waals surface area contributed by atoms with Gasteiger partial charge in [0.2, 0.25) is 17.6 Å². The zero-order chi connectivity index (χ0) is 23.9. The van der Waals surface area contributed by atoms with Crippen LogP contribution in [0.2, 0.25) is 0 Å². The van der Waals surface area contributed by atoms with Crippen LogP contribution in [-0.2, 0) is 22.7 Å². The molecule has 8 nitrogen and oxygen atoms in total. The van der Waals surface area contributed by atoms with Gasteiger partial charge in [-0.1, -0.05) is 42.5 Å². The molecular weight excluding hydrogens is 435 g/mol. The maximum atomic E-state index is 13.7. The number of halogens is 1. The second-order valence-electron chi connectivity index (χ2n) is 8.63. The Bertz CT molecular complexity index is 1130. The molecule has 1 N–H and O–H groups in total. The second kappa shape index (κ2) is 11.0. The highest BCUT2D eigenvalue weighted by Gasteiger charge is 2.27. The third kappa shape index (κ3) is 6.03. The Morgan fingerprint density at radius 1 is 1.12 bits per heavy atom. The fourth-order valence-electron chi connectivity index (χ4n) is 4.04. The number of hydrogen-bond donors (Lipinski definition) is 1. The average molecular weight is 465 g/mol. The van der Waals surface area contributed by atoms with Gasteiger partial charge in [0, 0.05) is 37.5 Å². The lowest BCUT2D eigenvalue weighted by Crippen LogP contribution is -2.42. The van der Waals surface area contributed by atoms with Crippen molar-refractivity contribution in [2.45, 2.75) is 45.7 Å². The van der Waals surface area contributed by atoms with Gasteiger partial charge in [0.05, 0.1) is 6.54 Å². The van der Waals surface area contributed by atoms with Crippen molar-refractivity contribution >= 4 is 11.8 Å². The summed E-state index contributed by atoms with van der Waals surface area (Å²) in [5, 5.41) is 15.4. The van der Waals surface area contributed by atoms with Crippen LogP contribution < -0.4 is 5.32 Å². The van der Waals surface area contributed by atoms with Crippen LogP contribution in [0.5, 0.6) is 0 Å². The van der Waals surface area contributed by atoms with Crippen molar-refractivity contribution in [2.75, 3.05) is 13.1 Å². The molecule has 0 spiro atoms. The number of nitrogens with one attached hydrogen (secondary N) is 1. The molecule has 0 aliphatic carbocycles. The van der Waals surface area contributed by atoms with Gasteiger partial charge in [-0.25, -0.2) is 4.39 Å². The van der Waals surface area contributed by atoms with Crippen molar-refractivity contribution in [2.24, 2.45) is 5.92 Å². The summed E-state index contributed by atoms with van der Waals surface area (Å²) in [7, 11) is 0. The van der Waals surface area contributed by atoms with Crippen molar-refractivity contribution in [3.63, 3.8) is 0 Å². The molecule has 1 saturated heterocycles. The minimum absolute atomic E-state index is 0.0421. The van der Waals surface area contributed by atoms with E-state index >= 15 is 0 Å². The van der Waals surface area contributed by atoms with Crippen LogP contribution in [0.4, 0.5) is 4.39 Å². The third-order valence-corrected chi connectivity index (χ3v) is 6.16. The summed E-state index contributed by atoms with van der Waals surface area (Å²) in [6, 6.07) is 14.6. The lowest BCUT2D eigenvalue weighted by atomic mass is 9.95. The Labute approximate surface area is 198 Å². The van der Waals surface area contributed by atoms with Crippen molar-refractivity contribution in [1.82, 2.24) is 30.4 Å².